The van der Waals surface area contributed by atoms with Crippen LogP contribution in [-0.2, 0) is 4.79 Å². The Morgan fingerprint density at radius 1 is 1.08 bits per heavy atom. The summed E-state index contributed by atoms with van der Waals surface area (Å²) in [5.41, 5.74) is 2.05. The lowest BCUT2D eigenvalue weighted by Crippen LogP contribution is -2.33. The molecule has 5 heteroatoms. The second-order valence-electron chi connectivity index (χ2n) is 6.31. The number of hydrogen-bond donors (Lipinski definition) is 1. The van der Waals surface area contributed by atoms with E-state index in [9.17, 15) is 4.79 Å². The molecular formula is C19H21N3OS. The number of carbonyl (C=O) groups is 1. The van der Waals surface area contributed by atoms with Crippen molar-refractivity contribution in [2.75, 3.05) is 24.2 Å². The fourth-order valence-electron chi connectivity index (χ4n) is 3.38. The number of nitrogens with zero attached hydrogens (tertiary/aromatic N) is 2. The number of benzene rings is 2. The van der Waals surface area contributed by atoms with Crippen LogP contribution >= 0.6 is 11.8 Å². The van der Waals surface area contributed by atoms with Gasteiger partial charge in [0.1, 0.15) is 0 Å². The zero-order valence-electron chi connectivity index (χ0n) is 13.6. The third kappa shape index (κ3) is 3.13. The van der Waals surface area contributed by atoms with Crippen molar-refractivity contribution in [3.63, 3.8) is 0 Å². The van der Waals surface area contributed by atoms with Crippen molar-refractivity contribution < 1.29 is 4.79 Å². The lowest BCUT2D eigenvalue weighted by molar-refractivity contribution is -0.128. The van der Waals surface area contributed by atoms with Gasteiger partial charge in [-0.25, -0.2) is 4.99 Å². The van der Waals surface area contributed by atoms with Gasteiger partial charge in [-0.05, 0) is 30.4 Å². The first-order chi connectivity index (χ1) is 11.8. The maximum atomic E-state index is 12.5. The van der Waals surface area contributed by atoms with Crippen molar-refractivity contribution >= 4 is 45.0 Å². The van der Waals surface area contributed by atoms with Crippen LogP contribution in [0.25, 0.3) is 10.8 Å². The molecule has 4 nitrogen and oxygen atoms in total. The van der Waals surface area contributed by atoms with E-state index >= 15 is 0 Å². The number of thioether (sulfide) groups is 1. The molecule has 0 aromatic heterocycles. The van der Waals surface area contributed by atoms with Crippen molar-refractivity contribution in [2.45, 2.75) is 25.7 Å². The van der Waals surface area contributed by atoms with E-state index in [1.807, 2.05) is 23.1 Å². The standard InChI is InChI=1S/C19H21N3OS/c23-17(22-11-3-1-2-4-12-22)13-24-19-20-15-9-5-7-14-8-6-10-16(21-19)18(14)15/h5-10H,1-4,11-13H2,(H,20,21). The van der Waals surface area contributed by atoms with E-state index in [-0.39, 0.29) is 5.91 Å². The third-order valence-electron chi connectivity index (χ3n) is 4.64. The van der Waals surface area contributed by atoms with E-state index in [4.69, 9.17) is 4.99 Å². The Labute approximate surface area is 146 Å². The summed E-state index contributed by atoms with van der Waals surface area (Å²) < 4.78 is 0. The van der Waals surface area contributed by atoms with Crippen LogP contribution in [0.2, 0.25) is 0 Å². The van der Waals surface area contributed by atoms with Gasteiger partial charge in [0, 0.05) is 18.5 Å². The fraction of sp³-hybridized carbons (Fsp3) is 0.368. The van der Waals surface area contributed by atoms with Gasteiger partial charge in [-0.15, -0.1) is 0 Å². The third-order valence-corrected chi connectivity index (χ3v) is 5.50. The summed E-state index contributed by atoms with van der Waals surface area (Å²) in [6.45, 7) is 1.81. The van der Waals surface area contributed by atoms with Crippen molar-refractivity contribution in [2.24, 2.45) is 4.99 Å². The van der Waals surface area contributed by atoms with Crippen molar-refractivity contribution in [3.8, 4) is 0 Å². The van der Waals surface area contributed by atoms with Gasteiger partial charge in [0.2, 0.25) is 5.91 Å². The highest BCUT2D eigenvalue weighted by Gasteiger charge is 2.19. The second kappa shape index (κ2) is 6.85. The Morgan fingerprint density at radius 3 is 2.62 bits per heavy atom. The molecule has 0 atom stereocenters. The van der Waals surface area contributed by atoms with Gasteiger partial charge in [-0.2, -0.15) is 0 Å². The molecule has 2 aliphatic heterocycles. The first kappa shape index (κ1) is 15.5. The number of carbonyl (C=O) groups excluding carboxylic acids is 1. The second-order valence-corrected chi connectivity index (χ2v) is 7.27. The molecule has 2 heterocycles. The molecule has 0 radical (unpaired) electrons. The molecule has 124 valence electrons. The van der Waals surface area contributed by atoms with Gasteiger partial charge in [-0.3, -0.25) is 4.79 Å². The highest BCUT2D eigenvalue weighted by atomic mass is 32.2. The zero-order chi connectivity index (χ0) is 16.4. The molecule has 4 rings (SSSR count). The smallest absolute Gasteiger partial charge is 0.233 e. The molecule has 1 fully saturated rings. The van der Waals surface area contributed by atoms with Gasteiger partial charge in [0.25, 0.3) is 0 Å². The molecule has 24 heavy (non-hydrogen) atoms. The molecule has 0 unspecified atom stereocenters. The largest absolute Gasteiger partial charge is 0.342 e. The lowest BCUT2D eigenvalue weighted by atomic mass is 10.1. The number of amidine groups is 1. The van der Waals surface area contributed by atoms with Crippen molar-refractivity contribution in [1.29, 1.82) is 0 Å². The fourth-order valence-corrected chi connectivity index (χ4v) is 4.17. The molecule has 0 aliphatic carbocycles. The summed E-state index contributed by atoms with van der Waals surface area (Å²) in [7, 11) is 0. The normalized spacial score (nSPS) is 17.2. The number of rotatable bonds is 2. The average molecular weight is 339 g/mol. The maximum Gasteiger partial charge on any atom is 0.233 e. The molecule has 2 aromatic rings. The number of hydrogen-bond acceptors (Lipinski definition) is 4. The van der Waals surface area contributed by atoms with Gasteiger partial charge in [0.15, 0.2) is 5.17 Å². The number of nitrogens with one attached hydrogen (secondary N) is 1. The van der Waals surface area contributed by atoms with Crippen LogP contribution < -0.4 is 5.32 Å². The van der Waals surface area contributed by atoms with Crippen LogP contribution in [-0.4, -0.2) is 34.8 Å². The van der Waals surface area contributed by atoms with Crippen molar-refractivity contribution in [3.05, 3.63) is 36.4 Å². The van der Waals surface area contributed by atoms with Crippen LogP contribution in [0.5, 0.6) is 0 Å². The van der Waals surface area contributed by atoms with Gasteiger partial charge >= 0.3 is 0 Å². The summed E-state index contributed by atoms with van der Waals surface area (Å²) in [5.74, 6) is 0.674. The molecule has 0 bridgehead atoms. The van der Waals surface area contributed by atoms with E-state index in [0.717, 1.165) is 47.9 Å². The van der Waals surface area contributed by atoms with E-state index in [0.29, 0.717) is 5.75 Å². The topological polar surface area (TPSA) is 44.7 Å². The maximum absolute atomic E-state index is 12.5. The molecule has 1 saturated heterocycles. The predicted molar refractivity (Wildman–Crippen MR) is 102 cm³/mol. The lowest BCUT2D eigenvalue weighted by Gasteiger charge is -2.21. The van der Waals surface area contributed by atoms with Gasteiger partial charge in [0.05, 0.1) is 17.1 Å². The molecule has 2 aromatic carbocycles. The molecule has 1 amide bonds. The van der Waals surface area contributed by atoms with Crippen LogP contribution in [0.4, 0.5) is 11.4 Å². The van der Waals surface area contributed by atoms with Crippen LogP contribution in [0, 0.1) is 0 Å². The van der Waals surface area contributed by atoms with Gasteiger partial charge in [-0.1, -0.05) is 48.9 Å². The van der Waals surface area contributed by atoms with Crippen LogP contribution in [0.15, 0.2) is 41.4 Å². The molecule has 2 aliphatic rings. The Hall–Kier alpha value is -2.01. The van der Waals surface area contributed by atoms with Crippen LogP contribution in [0.1, 0.15) is 25.7 Å². The Morgan fingerprint density at radius 2 is 1.83 bits per heavy atom. The number of amides is 1. The molecule has 1 N–H and O–H groups in total. The minimum Gasteiger partial charge on any atom is -0.342 e. The highest BCUT2D eigenvalue weighted by Crippen LogP contribution is 2.36. The Kier molecular flexibility index (Phi) is 4.43. The summed E-state index contributed by atoms with van der Waals surface area (Å²) >= 11 is 1.50. The van der Waals surface area contributed by atoms with E-state index < -0.39 is 0 Å². The number of aliphatic imine (C=N–C) groups is 1. The summed E-state index contributed by atoms with van der Waals surface area (Å²) in [6, 6.07) is 12.4. The minimum absolute atomic E-state index is 0.225. The summed E-state index contributed by atoms with van der Waals surface area (Å²) in [4.78, 5) is 19.2. The quantitative estimate of drug-likeness (QED) is 0.882. The molecule has 0 spiro atoms. The summed E-state index contributed by atoms with van der Waals surface area (Å²) in [6.07, 6.45) is 4.74. The van der Waals surface area contributed by atoms with E-state index in [1.54, 1.807) is 0 Å². The van der Waals surface area contributed by atoms with Crippen LogP contribution in [0.3, 0.4) is 0 Å². The van der Waals surface area contributed by atoms with E-state index in [2.05, 4.69) is 23.5 Å². The van der Waals surface area contributed by atoms with Gasteiger partial charge < -0.3 is 10.2 Å². The summed E-state index contributed by atoms with van der Waals surface area (Å²) in [5, 5.41) is 6.53. The average Bonchev–Trinajstić information content (AvgIpc) is 2.90. The Bertz CT molecular complexity index is 789. The SMILES string of the molecule is O=C(CSC1=Nc2cccc3cccc(c23)N1)N1CCCCCC1. The minimum atomic E-state index is 0.225. The number of likely N-dealkylation sites (tertiary alicyclic amines) is 1. The Balaban J connectivity index is 1.47. The van der Waals surface area contributed by atoms with Crippen molar-refractivity contribution in [1.82, 2.24) is 4.90 Å². The van der Waals surface area contributed by atoms with E-state index in [1.165, 1.54) is 30.0 Å². The predicted octanol–water partition coefficient (Wildman–Crippen LogP) is 4.39. The zero-order valence-corrected chi connectivity index (χ0v) is 14.4. The monoisotopic (exact) mass is 339 g/mol. The molecule has 0 saturated carbocycles. The highest BCUT2D eigenvalue weighted by molar-refractivity contribution is 8.14. The first-order valence-electron chi connectivity index (χ1n) is 8.59. The number of anilines is 1. The molecular weight excluding hydrogens is 318 g/mol. The first-order valence-corrected chi connectivity index (χ1v) is 9.58.